The van der Waals surface area contributed by atoms with E-state index in [9.17, 15) is 9.59 Å². The standard InChI is InChI=1S/C19H18N2O3S/c22-17(18-6-3-9-25-18)11-14-12-24-8-7-21(14)19(23)16-10-13-4-1-2-5-15(13)20-16/h1-6,9-10,14,20H,7-8,11-12H2/t14-/m0/s1. The fourth-order valence-electron chi connectivity index (χ4n) is 3.19. The summed E-state index contributed by atoms with van der Waals surface area (Å²) in [5, 5.41) is 2.89. The van der Waals surface area contributed by atoms with Crippen molar-refractivity contribution in [3.05, 3.63) is 58.4 Å². The molecule has 128 valence electrons. The molecule has 0 radical (unpaired) electrons. The van der Waals surface area contributed by atoms with Gasteiger partial charge in [0.2, 0.25) is 0 Å². The lowest BCUT2D eigenvalue weighted by molar-refractivity contribution is -0.00302. The molecule has 0 aliphatic carbocycles. The zero-order valence-corrected chi connectivity index (χ0v) is 14.4. The van der Waals surface area contributed by atoms with Gasteiger partial charge in [-0.05, 0) is 23.6 Å². The van der Waals surface area contributed by atoms with Crippen LogP contribution >= 0.6 is 11.3 Å². The van der Waals surface area contributed by atoms with E-state index in [1.807, 2.05) is 47.8 Å². The molecule has 2 aromatic heterocycles. The first-order valence-electron chi connectivity index (χ1n) is 8.25. The molecule has 1 N–H and O–H groups in total. The molecule has 1 fully saturated rings. The van der Waals surface area contributed by atoms with Crippen LogP contribution in [0.3, 0.4) is 0 Å². The summed E-state index contributed by atoms with van der Waals surface area (Å²) in [7, 11) is 0. The lowest BCUT2D eigenvalue weighted by Crippen LogP contribution is -2.49. The molecule has 0 saturated carbocycles. The zero-order valence-electron chi connectivity index (χ0n) is 13.6. The third-order valence-electron chi connectivity index (χ3n) is 4.47. The normalized spacial score (nSPS) is 17.8. The average Bonchev–Trinajstić information content (AvgIpc) is 3.31. The van der Waals surface area contributed by atoms with Gasteiger partial charge in [-0.1, -0.05) is 24.3 Å². The number of carbonyl (C=O) groups is 2. The molecule has 1 aliphatic rings. The Morgan fingerprint density at radius 3 is 2.92 bits per heavy atom. The predicted octanol–water partition coefficient (Wildman–Crippen LogP) is 3.34. The first-order chi connectivity index (χ1) is 12.2. The molecule has 0 bridgehead atoms. The van der Waals surface area contributed by atoms with Gasteiger partial charge >= 0.3 is 0 Å². The molecule has 1 atom stereocenters. The van der Waals surface area contributed by atoms with E-state index < -0.39 is 0 Å². The molecule has 5 nitrogen and oxygen atoms in total. The van der Waals surface area contributed by atoms with Crippen molar-refractivity contribution in [2.45, 2.75) is 12.5 Å². The number of para-hydroxylation sites is 1. The van der Waals surface area contributed by atoms with Gasteiger partial charge in [0.05, 0.1) is 24.1 Å². The number of carbonyl (C=O) groups excluding carboxylic acids is 2. The number of fused-ring (bicyclic) bond motifs is 1. The SMILES string of the molecule is O=C(C[C@H]1COCCN1C(=O)c1cc2ccccc2[nH]1)c1cccs1. The van der Waals surface area contributed by atoms with Gasteiger partial charge in [0.1, 0.15) is 5.69 Å². The summed E-state index contributed by atoms with van der Waals surface area (Å²) in [6.45, 7) is 1.38. The number of nitrogens with zero attached hydrogens (tertiary/aromatic N) is 1. The van der Waals surface area contributed by atoms with Crippen molar-refractivity contribution in [3.63, 3.8) is 0 Å². The summed E-state index contributed by atoms with van der Waals surface area (Å²) >= 11 is 1.43. The van der Waals surface area contributed by atoms with Crippen molar-refractivity contribution < 1.29 is 14.3 Å². The van der Waals surface area contributed by atoms with Crippen LogP contribution < -0.4 is 0 Å². The van der Waals surface area contributed by atoms with E-state index in [-0.39, 0.29) is 24.2 Å². The minimum atomic E-state index is -0.234. The van der Waals surface area contributed by atoms with Crippen molar-refractivity contribution in [2.75, 3.05) is 19.8 Å². The van der Waals surface area contributed by atoms with Crippen molar-refractivity contribution in [1.82, 2.24) is 9.88 Å². The topological polar surface area (TPSA) is 62.4 Å². The van der Waals surface area contributed by atoms with Crippen molar-refractivity contribution in [1.29, 1.82) is 0 Å². The summed E-state index contributed by atoms with van der Waals surface area (Å²) in [6.07, 6.45) is 0.284. The van der Waals surface area contributed by atoms with Gasteiger partial charge in [-0.2, -0.15) is 0 Å². The Morgan fingerprint density at radius 2 is 2.12 bits per heavy atom. The number of morpholine rings is 1. The molecular formula is C19H18N2O3S. The quantitative estimate of drug-likeness (QED) is 0.731. The van der Waals surface area contributed by atoms with Gasteiger partial charge in [0, 0.05) is 23.9 Å². The summed E-state index contributed by atoms with van der Waals surface area (Å²) in [5.74, 6) is -0.0246. The highest BCUT2D eigenvalue weighted by Gasteiger charge is 2.31. The molecule has 0 unspecified atom stereocenters. The Balaban J connectivity index is 1.55. The molecule has 6 heteroatoms. The summed E-state index contributed by atoms with van der Waals surface area (Å²) < 4.78 is 5.52. The number of benzene rings is 1. The highest BCUT2D eigenvalue weighted by atomic mass is 32.1. The van der Waals surface area contributed by atoms with Crippen molar-refractivity contribution >= 4 is 33.9 Å². The highest BCUT2D eigenvalue weighted by Crippen LogP contribution is 2.21. The number of Topliss-reactive ketones (excluding diaryl/α,β-unsaturated/α-hetero) is 1. The maximum absolute atomic E-state index is 13.0. The van der Waals surface area contributed by atoms with E-state index in [4.69, 9.17) is 4.74 Å². The fraction of sp³-hybridized carbons (Fsp3) is 0.263. The van der Waals surface area contributed by atoms with Crippen LogP contribution in [0.4, 0.5) is 0 Å². The van der Waals surface area contributed by atoms with E-state index in [2.05, 4.69) is 4.98 Å². The molecule has 1 aliphatic heterocycles. The lowest BCUT2D eigenvalue weighted by atomic mass is 10.1. The molecule has 3 heterocycles. The number of rotatable bonds is 4. The number of hydrogen-bond donors (Lipinski definition) is 1. The average molecular weight is 354 g/mol. The third kappa shape index (κ3) is 3.23. The number of ketones is 1. The monoisotopic (exact) mass is 354 g/mol. The van der Waals surface area contributed by atoms with Crippen LogP contribution in [0.25, 0.3) is 10.9 Å². The summed E-state index contributed by atoms with van der Waals surface area (Å²) in [6, 6.07) is 13.1. The van der Waals surface area contributed by atoms with Gasteiger partial charge < -0.3 is 14.6 Å². The molecule has 1 aromatic carbocycles. The van der Waals surface area contributed by atoms with Crippen LogP contribution in [0.15, 0.2) is 47.8 Å². The molecular weight excluding hydrogens is 336 g/mol. The summed E-state index contributed by atoms with van der Waals surface area (Å²) in [4.78, 5) is 31.1. The second-order valence-corrected chi connectivity index (χ2v) is 7.05. The minimum Gasteiger partial charge on any atom is -0.377 e. The lowest BCUT2D eigenvalue weighted by Gasteiger charge is -2.35. The minimum absolute atomic E-state index is 0.0555. The van der Waals surface area contributed by atoms with Gasteiger partial charge in [-0.3, -0.25) is 9.59 Å². The third-order valence-corrected chi connectivity index (χ3v) is 5.38. The Bertz CT molecular complexity index is 867. The first-order valence-corrected chi connectivity index (χ1v) is 9.13. The van der Waals surface area contributed by atoms with Crippen molar-refractivity contribution in [3.8, 4) is 0 Å². The highest BCUT2D eigenvalue weighted by molar-refractivity contribution is 7.12. The molecule has 1 amide bonds. The molecule has 0 spiro atoms. The van der Waals surface area contributed by atoms with Crippen LogP contribution in [0, 0.1) is 0 Å². The van der Waals surface area contributed by atoms with Gasteiger partial charge in [0.15, 0.2) is 5.78 Å². The second-order valence-electron chi connectivity index (χ2n) is 6.10. The zero-order chi connectivity index (χ0) is 17.2. The Labute approximate surface area is 149 Å². The predicted molar refractivity (Wildman–Crippen MR) is 97.2 cm³/mol. The number of nitrogens with one attached hydrogen (secondary N) is 1. The first kappa shape index (κ1) is 16.1. The molecule has 3 aromatic rings. The van der Waals surface area contributed by atoms with Gasteiger partial charge in [-0.15, -0.1) is 11.3 Å². The van der Waals surface area contributed by atoms with Gasteiger partial charge in [-0.25, -0.2) is 0 Å². The molecule has 4 rings (SSSR count). The summed E-state index contributed by atoms with van der Waals surface area (Å²) in [5.41, 5.74) is 1.49. The Kier molecular flexibility index (Phi) is 4.38. The number of ether oxygens (including phenoxy) is 1. The molecule has 25 heavy (non-hydrogen) atoms. The van der Waals surface area contributed by atoms with Crippen LogP contribution in [-0.4, -0.2) is 47.4 Å². The smallest absolute Gasteiger partial charge is 0.270 e. The van der Waals surface area contributed by atoms with Gasteiger partial charge in [0.25, 0.3) is 5.91 Å². The number of thiophene rings is 1. The number of aromatic nitrogens is 1. The number of H-pyrrole nitrogens is 1. The fourth-order valence-corrected chi connectivity index (χ4v) is 3.86. The second kappa shape index (κ2) is 6.82. The van der Waals surface area contributed by atoms with Crippen molar-refractivity contribution in [2.24, 2.45) is 0 Å². The van der Waals surface area contributed by atoms with Crippen LogP contribution in [-0.2, 0) is 4.74 Å². The van der Waals surface area contributed by atoms with Crippen LogP contribution in [0.1, 0.15) is 26.6 Å². The van der Waals surface area contributed by atoms with Crippen LogP contribution in [0.5, 0.6) is 0 Å². The Morgan fingerprint density at radius 1 is 1.24 bits per heavy atom. The maximum atomic E-state index is 13.0. The number of hydrogen-bond acceptors (Lipinski definition) is 4. The number of amides is 1. The number of aromatic amines is 1. The van der Waals surface area contributed by atoms with E-state index in [1.54, 1.807) is 4.90 Å². The largest absolute Gasteiger partial charge is 0.377 e. The molecule has 1 saturated heterocycles. The Hall–Kier alpha value is -2.44. The van der Waals surface area contributed by atoms with E-state index >= 15 is 0 Å². The van der Waals surface area contributed by atoms with E-state index in [0.29, 0.717) is 25.5 Å². The van der Waals surface area contributed by atoms with E-state index in [1.165, 1.54) is 11.3 Å². The van der Waals surface area contributed by atoms with E-state index in [0.717, 1.165) is 15.8 Å². The maximum Gasteiger partial charge on any atom is 0.270 e. The van der Waals surface area contributed by atoms with Crippen LogP contribution in [0.2, 0.25) is 0 Å².